The summed E-state index contributed by atoms with van der Waals surface area (Å²) in [5.41, 5.74) is 0.817. The number of hydrogen-bond acceptors (Lipinski definition) is 4. The molecule has 1 heterocycles. The lowest BCUT2D eigenvalue weighted by Crippen LogP contribution is -2.30. The van der Waals surface area contributed by atoms with Crippen molar-refractivity contribution in [3.63, 3.8) is 0 Å². The van der Waals surface area contributed by atoms with Gasteiger partial charge in [-0.2, -0.15) is 4.68 Å². The molecule has 0 spiro atoms. The average Bonchev–Trinajstić information content (AvgIpc) is 3.09. The number of aliphatic hydroxyl groups excluding tert-OH is 1. The molecule has 0 aliphatic rings. The van der Waals surface area contributed by atoms with E-state index in [1.54, 1.807) is 38.1 Å². The summed E-state index contributed by atoms with van der Waals surface area (Å²) in [5.74, 6) is -0.672. The van der Waals surface area contributed by atoms with E-state index < -0.39 is 18.1 Å². The third-order valence-electron chi connectivity index (χ3n) is 5.58. The number of aliphatic hydroxyl groups is 1. The molecule has 3 atom stereocenters. The predicted molar refractivity (Wildman–Crippen MR) is 137 cm³/mol. The maximum Gasteiger partial charge on any atom is 0.350 e. The van der Waals surface area contributed by atoms with Crippen molar-refractivity contribution in [2.45, 2.75) is 51.8 Å². The normalized spacial score (nSPS) is 13.0. The Labute approximate surface area is 202 Å². The van der Waals surface area contributed by atoms with Gasteiger partial charge in [0.05, 0.1) is 0 Å². The number of aromatic nitrogens is 3. The second-order valence-electron chi connectivity index (χ2n) is 8.28. The molecule has 34 heavy (non-hydrogen) atoms. The van der Waals surface area contributed by atoms with Crippen molar-refractivity contribution in [3.05, 3.63) is 75.0 Å². The molecule has 1 aromatic heterocycles. The number of rotatable bonds is 8. The van der Waals surface area contributed by atoms with Crippen LogP contribution in [0.15, 0.2) is 35.1 Å². The molecule has 0 radical (unpaired) electrons. The fraction of sp³-hybridized carbons (Fsp3) is 0.333. The number of benzene rings is 2. The molecule has 3 aromatic rings. The summed E-state index contributed by atoms with van der Waals surface area (Å²) < 4.78 is 37.9. The molecule has 1 N–H and O–H groups in total. The van der Waals surface area contributed by atoms with E-state index in [2.05, 4.69) is 23.6 Å². The van der Waals surface area contributed by atoms with Gasteiger partial charge in [0.15, 0.2) is 5.82 Å². The Morgan fingerprint density at radius 2 is 1.94 bits per heavy atom. The van der Waals surface area contributed by atoms with Gasteiger partial charge < -0.3 is 9.84 Å². The summed E-state index contributed by atoms with van der Waals surface area (Å²) in [4.78, 5) is 12.4. The van der Waals surface area contributed by atoms with Crippen LogP contribution in [0.3, 0.4) is 0 Å². The highest BCUT2D eigenvalue weighted by Crippen LogP contribution is 2.35. The van der Waals surface area contributed by atoms with Crippen LogP contribution in [0, 0.1) is 18.6 Å². The van der Waals surface area contributed by atoms with E-state index >= 15 is 4.39 Å². The molecule has 0 aliphatic carbocycles. The van der Waals surface area contributed by atoms with E-state index in [4.69, 9.17) is 4.74 Å². The van der Waals surface area contributed by atoms with Crippen LogP contribution in [-0.4, -0.2) is 30.5 Å². The van der Waals surface area contributed by atoms with Gasteiger partial charge in [-0.25, -0.2) is 13.6 Å². The maximum atomic E-state index is 15.3. The second-order valence-corrected chi connectivity index (χ2v) is 11.4. The van der Waals surface area contributed by atoms with Crippen LogP contribution in [0.2, 0.25) is 0 Å². The Hall–Kier alpha value is -2.40. The van der Waals surface area contributed by atoms with Crippen molar-refractivity contribution in [1.29, 1.82) is 0 Å². The molecular formula is C24H29F2N3O3P2. The monoisotopic (exact) mass is 507 g/mol. The predicted octanol–water partition coefficient (Wildman–Crippen LogP) is 4.54. The number of halogens is 2. The van der Waals surface area contributed by atoms with Crippen LogP contribution in [0.4, 0.5) is 8.78 Å². The van der Waals surface area contributed by atoms with Crippen LogP contribution >= 0.6 is 18.5 Å². The van der Waals surface area contributed by atoms with E-state index in [0.29, 0.717) is 16.9 Å². The second kappa shape index (κ2) is 10.5. The van der Waals surface area contributed by atoms with E-state index in [1.807, 2.05) is 13.8 Å². The first-order chi connectivity index (χ1) is 16.0. The van der Waals surface area contributed by atoms with Crippen LogP contribution in [0.5, 0.6) is 5.75 Å². The molecule has 0 aliphatic heterocycles. The zero-order valence-electron chi connectivity index (χ0n) is 19.5. The van der Waals surface area contributed by atoms with E-state index in [0.717, 1.165) is 10.2 Å². The van der Waals surface area contributed by atoms with Gasteiger partial charge in [0, 0.05) is 28.6 Å². The van der Waals surface area contributed by atoms with Gasteiger partial charge in [-0.15, -0.1) is 23.6 Å². The van der Waals surface area contributed by atoms with Gasteiger partial charge in [-0.3, -0.25) is 4.57 Å². The number of nitrogens with zero attached hydrogens (tertiary/aromatic N) is 3. The zero-order chi connectivity index (χ0) is 25.2. The third-order valence-corrected chi connectivity index (χ3v) is 6.52. The molecule has 3 rings (SSSR count). The first-order valence-corrected chi connectivity index (χ1v) is 11.9. The number of ether oxygens (including phenoxy) is 1. The largest absolute Gasteiger partial charge is 0.489 e. The Morgan fingerprint density at radius 1 is 1.24 bits per heavy atom. The van der Waals surface area contributed by atoms with Crippen molar-refractivity contribution >= 4 is 30.6 Å². The zero-order valence-corrected chi connectivity index (χ0v) is 21.9. The molecule has 10 heteroatoms. The van der Waals surface area contributed by atoms with E-state index in [1.165, 1.54) is 22.8 Å². The molecule has 0 saturated heterocycles. The Morgan fingerprint density at radius 3 is 2.50 bits per heavy atom. The summed E-state index contributed by atoms with van der Waals surface area (Å²) in [6, 6.07) is 7.40. The van der Waals surface area contributed by atoms with Crippen LogP contribution in [-0.2, 0) is 13.2 Å². The summed E-state index contributed by atoms with van der Waals surface area (Å²) in [6.07, 6.45) is 2.82. The van der Waals surface area contributed by atoms with Crippen molar-refractivity contribution in [1.82, 2.24) is 14.3 Å². The van der Waals surface area contributed by atoms with Gasteiger partial charge in [0.2, 0.25) is 0 Å². The highest BCUT2D eigenvalue weighted by atomic mass is 31.1. The molecule has 6 nitrogen and oxygen atoms in total. The molecule has 0 fully saturated rings. The molecule has 0 amide bonds. The average molecular weight is 507 g/mol. The summed E-state index contributed by atoms with van der Waals surface area (Å²) >= 11 is 0. The smallest absolute Gasteiger partial charge is 0.350 e. The Bertz CT molecular complexity index is 1260. The SMILES string of the molecule is CCn1c(CO)nn(-c2cc(O[C@@H](C)C(C)(P)P)c(/C=C/c3c(C)cccc3F)cc2F)c1=O. The molecule has 0 bridgehead atoms. The summed E-state index contributed by atoms with van der Waals surface area (Å²) in [7, 11) is 5.34. The minimum absolute atomic E-state index is 0.109. The fourth-order valence-corrected chi connectivity index (χ4v) is 3.46. The molecule has 182 valence electrons. The van der Waals surface area contributed by atoms with Crippen LogP contribution in [0.25, 0.3) is 17.8 Å². The summed E-state index contributed by atoms with van der Waals surface area (Å²) in [5, 5.41) is 13.6. The quantitative estimate of drug-likeness (QED) is 0.359. The fourth-order valence-electron chi connectivity index (χ4n) is 3.33. The highest BCUT2D eigenvalue weighted by molar-refractivity contribution is 7.39. The Balaban J connectivity index is 2.17. The molecular weight excluding hydrogens is 478 g/mol. The lowest BCUT2D eigenvalue weighted by atomic mass is 10.1. The van der Waals surface area contributed by atoms with Crippen LogP contribution in [0.1, 0.15) is 43.3 Å². The van der Waals surface area contributed by atoms with Gasteiger partial charge in [-0.05, 0) is 45.4 Å². The minimum atomic E-state index is -0.711. The number of aryl methyl sites for hydroxylation is 1. The van der Waals surface area contributed by atoms with Crippen LogP contribution < -0.4 is 10.4 Å². The lowest BCUT2D eigenvalue weighted by molar-refractivity contribution is 0.211. The van der Waals surface area contributed by atoms with Crippen molar-refractivity contribution < 1.29 is 18.6 Å². The third kappa shape index (κ3) is 5.46. The van der Waals surface area contributed by atoms with Gasteiger partial charge in [-0.1, -0.05) is 24.3 Å². The van der Waals surface area contributed by atoms with Crippen molar-refractivity contribution in [2.24, 2.45) is 0 Å². The lowest BCUT2D eigenvalue weighted by Gasteiger charge is -2.28. The standard InChI is InChI=1S/C24H29F2N3O3P2/c1-5-28-22(13-30)27-29(23(28)31)20-12-21(32-15(3)24(4,33)34)16(11-19(20)26)9-10-17-14(2)7-6-8-18(17)25/h6-12,15,30H,5,13,33-34H2,1-4H3/b10-9+/t15-/m0/s1. The number of hydrogen-bond donors (Lipinski definition) is 1. The molecule has 2 unspecified atom stereocenters. The molecule has 2 aromatic carbocycles. The first-order valence-electron chi connectivity index (χ1n) is 10.8. The highest BCUT2D eigenvalue weighted by Gasteiger charge is 2.25. The van der Waals surface area contributed by atoms with Gasteiger partial charge in [0.1, 0.15) is 35.8 Å². The maximum absolute atomic E-state index is 15.3. The minimum Gasteiger partial charge on any atom is -0.489 e. The van der Waals surface area contributed by atoms with Crippen molar-refractivity contribution in [2.75, 3.05) is 0 Å². The van der Waals surface area contributed by atoms with E-state index in [9.17, 15) is 14.3 Å². The van der Waals surface area contributed by atoms with Gasteiger partial charge >= 0.3 is 5.69 Å². The first kappa shape index (κ1) is 26.2. The topological polar surface area (TPSA) is 69.3 Å². The Kier molecular flexibility index (Phi) is 8.07. The summed E-state index contributed by atoms with van der Waals surface area (Å²) in [6.45, 7) is 7.14. The van der Waals surface area contributed by atoms with Gasteiger partial charge in [0.25, 0.3) is 0 Å². The van der Waals surface area contributed by atoms with Crippen molar-refractivity contribution in [3.8, 4) is 11.4 Å². The van der Waals surface area contributed by atoms with E-state index in [-0.39, 0.29) is 34.9 Å². The molecule has 0 saturated carbocycles.